The van der Waals surface area contributed by atoms with Crippen molar-refractivity contribution < 1.29 is 22.7 Å². The van der Waals surface area contributed by atoms with Gasteiger partial charge in [-0.05, 0) is 31.4 Å². The maximum Gasteiger partial charge on any atom is 0.339 e. The van der Waals surface area contributed by atoms with Gasteiger partial charge in [-0.2, -0.15) is 0 Å². The Labute approximate surface area is 197 Å². The summed E-state index contributed by atoms with van der Waals surface area (Å²) in [6.07, 6.45) is 0.421. The Morgan fingerprint density at radius 1 is 1.31 bits per heavy atom. The van der Waals surface area contributed by atoms with Gasteiger partial charge in [0.2, 0.25) is 0 Å². The molecule has 0 radical (unpaired) electrons. The number of carbonyl (C=O) groups excluding carboxylic acids is 2. The molecular formula is C22H28N2O5S3. The van der Waals surface area contributed by atoms with Gasteiger partial charge in [-0.25, -0.2) is 18.2 Å². The van der Waals surface area contributed by atoms with Gasteiger partial charge in [0.25, 0.3) is 5.91 Å². The topological polar surface area (TPSA) is 93.6 Å². The average Bonchev–Trinajstić information content (AvgIpc) is 3.32. The number of benzene rings is 1. The van der Waals surface area contributed by atoms with E-state index >= 15 is 0 Å². The zero-order valence-electron chi connectivity index (χ0n) is 18.4. The van der Waals surface area contributed by atoms with Crippen LogP contribution in [0.15, 0.2) is 34.5 Å². The fourth-order valence-electron chi connectivity index (χ4n) is 3.54. The van der Waals surface area contributed by atoms with Crippen LogP contribution in [0.2, 0.25) is 0 Å². The Morgan fingerprint density at radius 2 is 2.06 bits per heavy atom. The lowest BCUT2D eigenvalue weighted by Gasteiger charge is -2.29. The standard InChI is InChI=1S/C22H28N2O5S3/c1-15(2)10-24(18-8-9-32(27,28)14-18)21(25)11-29-22(26)19-6-4-5-7-20(19)31-13-17-12-30-16(3)23-17/h4-7,12,15,18H,8-11,13-14H2,1-3H3/t18-/m1/s1. The van der Waals surface area contributed by atoms with Gasteiger partial charge in [0.1, 0.15) is 0 Å². The number of aromatic nitrogens is 1. The molecule has 2 aromatic rings. The number of rotatable bonds is 9. The summed E-state index contributed by atoms with van der Waals surface area (Å²) in [5.74, 6) is -0.0790. The highest BCUT2D eigenvalue weighted by atomic mass is 32.2. The van der Waals surface area contributed by atoms with Crippen molar-refractivity contribution in [3.8, 4) is 0 Å². The molecule has 2 heterocycles. The number of thioether (sulfide) groups is 1. The highest BCUT2D eigenvalue weighted by molar-refractivity contribution is 7.98. The first-order valence-electron chi connectivity index (χ1n) is 10.4. The highest BCUT2D eigenvalue weighted by Crippen LogP contribution is 2.27. The maximum atomic E-state index is 12.9. The van der Waals surface area contributed by atoms with E-state index in [0.29, 0.717) is 24.3 Å². The molecule has 0 spiro atoms. The lowest BCUT2D eigenvalue weighted by molar-refractivity contribution is -0.137. The van der Waals surface area contributed by atoms with Gasteiger partial charge >= 0.3 is 5.97 Å². The quantitative estimate of drug-likeness (QED) is 0.387. The molecule has 1 amide bonds. The van der Waals surface area contributed by atoms with Crippen molar-refractivity contribution in [3.05, 3.63) is 45.9 Å². The minimum Gasteiger partial charge on any atom is -0.452 e. The number of esters is 1. The lowest BCUT2D eigenvalue weighted by Crippen LogP contribution is -2.45. The second-order valence-corrected chi connectivity index (χ2v) is 12.5. The molecule has 10 heteroatoms. The number of ether oxygens (including phenoxy) is 1. The molecule has 0 aliphatic carbocycles. The van der Waals surface area contributed by atoms with E-state index in [2.05, 4.69) is 4.98 Å². The number of amides is 1. The summed E-state index contributed by atoms with van der Waals surface area (Å²) in [5, 5.41) is 2.99. The molecular weight excluding hydrogens is 468 g/mol. The lowest BCUT2D eigenvalue weighted by atomic mass is 10.1. The smallest absolute Gasteiger partial charge is 0.339 e. The van der Waals surface area contributed by atoms with Crippen LogP contribution in [0.1, 0.15) is 41.3 Å². The number of carbonyl (C=O) groups is 2. The zero-order chi connectivity index (χ0) is 23.3. The van der Waals surface area contributed by atoms with Crippen LogP contribution in [-0.4, -0.2) is 60.9 Å². The third-order valence-corrected chi connectivity index (χ3v) is 8.69. The Bertz CT molecular complexity index is 1070. The molecule has 1 fully saturated rings. The molecule has 1 saturated heterocycles. The molecule has 0 N–H and O–H groups in total. The normalized spacial score (nSPS) is 17.4. The Kier molecular flexibility index (Phi) is 8.35. The van der Waals surface area contributed by atoms with E-state index in [1.165, 1.54) is 11.8 Å². The Hall–Kier alpha value is -1.91. The van der Waals surface area contributed by atoms with Gasteiger partial charge in [0, 0.05) is 28.6 Å². The number of thiazole rings is 1. The van der Waals surface area contributed by atoms with Crippen molar-refractivity contribution in [2.24, 2.45) is 5.92 Å². The van der Waals surface area contributed by atoms with E-state index in [0.717, 1.165) is 15.6 Å². The highest BCUT2D eigenvalue weighted by Gasteiger charge is 2.35. The Balaban J connectivity index is 1.63. The van der Waals surface area contributed by atoms with Crippen molar-refractivity contribution in [1.29, 1.82) is 0 Å². The van der Waals surface area contributed by atoms with Gasteiger partial charge in [0.15, 0.2) is 16.4 Å². The van der Waals surface area contributed by atoms with E-state index in [9.17, 15) is 18.0 Å². The summed E-state index contributed by atoms with van der Waals surface area (Å²) in [6, 6.07) is 6.76. The predicted octanol–water partition coefficient (Wildman–Crippen LogP) is 3.57. The van der Waals surface area contributed by atoms with Crippen LogP contribution in [-0.2, 0) is 25.1 Å². The van der Waals surface area contributed by atoms with Crippen LogP contribution in [0.3, 0.4) is 0 Å². The third kappa shape index (κ3) is 6.79. The molecule has 1 aromatic heterocycles. The predicted molar refractivity (Wildman–Crippen MR) is 127 cm³/mol. The molecule has 7 nitrogen and oxygen atoms in total. The van der Waals surface area contributed by atoms with Crippen molar-refractivity contribution in [1.82, 2.24) is 9.88 Å². The van der Waals surface area contributed by atoms with Crippen LogP contribution in [0.25, 0.3) is 0 Å². The van der Waals surface area contributed by atoms with E-state index < -0.39 is 22.4 Å². The maximum absolute atomic E-state index is 12.9. The first kappa shape index (κ1) is 24.7. The average molecular weight is 497 g/mol. The first-order chi connectivity index (χ1) is 15.1. The minimum atomic E-state index is -3.13. The molecule has 0 saturated carbocycles. The van der Waals surface area contributed by atoms with Crippen molar-refractivity contribution in [2.45, 2.75) is 43.9 Å². The largest absolute Gasteiger partial charge is 0.452 e. The minimum absolute atomic E-state index is 0.0328. The first-order valence-corrected chi connectivity index (χ1v) is 14.1. The molecule has 174 valence electrons. The molecule has 0 unspecified atom stereocenters. The summed E-state index contributed by atoms with van der Waals surface area (Å²) >= 11 is 3.07. The summed E-state index contributed by atoms with van der Waals surface area (Å²) in [4.78, 5) is 32.4. The van der Waals surface area contributed by atoms with Crippen molar-refractivity contribution in [2.75, 3.05) is 24.7 Å². The number of nitrogens with zero attached hydrogens (tertiary/aromatic N) is 2. The van der Waals surface area contributed by atoms with Gasteiger partial charge in [0.05, 0.1) is 27.8 Å². The molecule has 1 aliphatic rings. The fourth-order valence-corrected chi connectivity index (χ4v) is 6.93. The van der Waals surface area contributed by atoms with Crippen molar-refractivity contribution >= 4 is 44.8 Å². The van der Waals surface area contributed by atoms with Gasteiger partial charge in [-0.1, -0.05) is 26.0 Å². The molecule has 3 rings (SSSR count). The molecule has 1 aliphatic heterocycles. The summed E-state index contributed by atoms with van der Waals surface area (Å²) in [7, 11) is -3.13. The Morgan fingerprint density at radius 3 is 2.69 bits per heavy atom. The van der Waals surface area contributed by atoms with Crippen LogP contribution < -0.4 is 0 Å². The number of aryl methyl sites for hydroxylation is 1. The molecule has 1 atom stereocenters. The van der Waals surface area contributed by atoms with Crippen LogP contribution in [0.4, 0.5) is 0 Å². The SMILES string of the molecule is Cc1nc(CSc2ccccc2C(=O)OCC(=O)N(CC(C)C)[C@@H]2CCS(=O)(=O)C2)cs1. The van der Waals surface area contributed by atoms with Crippen LogP contribution in [0.5, 0.6) is 0 Å². The zero-order valence-corrected chi connectivity index (χ0v) is 20.9. The third-order valence-electron chi connectivity index (χ3n) is 5.01. The number of hydrogen-bond acceptors (Lipinski definition) is 8. The van der Waals surface area contributed by atoms with Crippen LogP contribution >= 0.6 is 23.1 Å². The van der Waals surface area contributed by atoms with E-state index in [4.69, 9.17) is 4.74 Å². The van der Waals surface area contributed by atoms with E-state index in [1.807, 2.05) is 38.3 Å². The second kappa shape index (κ2) is 10.8. The summed E-state index contributed by atoms with van der Waals surface area (Å²) in [5.41, 5.74) is 1.35. The fraction of sp³-hybridized carbons (Fsp3) is 0.500. The van der Waals surface area contributed by atoms with Gasteiger partial charge in [-0.3, -0.25) is 4.79 Å². The number of hydrogen-bond donors (Lipinski definition) is 0. The molecule has 0 bridgehead atoms. The molecule has 1 aromatic carbocycles. The monoisotopic (exact) mass is 496 g/mol. The van der Waals surface area contributed by atoms with Gasteiger partial charge < -0.3 is 9.64 Å². The van der Waals surface area contributed by atoms with Crippen molar-refractivity contribution in [3.63, 3.8) is 0 Å². The second-order valence-electron chi connectivity index (χ2n) is 8.22. The van der Waals surface area contributed by atoms with E-state index in [1.54, 1.807) is 28.4 Å². The van der Waals surface area contributed by atoms with Gasteiger partial charge in [-0.15, -0.1) is 23.1 Å². The summed E-state index contributed by atoms with van der Waals surface area (Å²) < 4.78 is 29.1. The van der Waals surface area contributed by atoms with Crippen LogP contribution in [0, 0.1) is 12.8 Å². The van der Waals surface area contributed by atoms with E-state index in [-0.39, 0.29) is 29.4 Å². The molecule has 32 heavy (non-hydrogen) atoms. The summed E-state index contributed by atoms with van der Waals surface area (Å²) in [6.45, 7) is 5.90. The number of sulfone groups is 1.